The zero-order valence-corrected chi connectivity index (χ0v) is 14.4. The Hall–Kier alpha value is -1.76. The van der Waals surface area contributed by atoms with Crippen LogP contribution in [-0.2, 0) is 0 Å². The molecule has 0 amide bonds. The molecule has 0 fully saturated rings. The molecule has 0 spiro atoms. The van der Waals surface area contributed by atoms with Crippen LogP contribution in [0.25, 0.3) is 0 Å². The van der Waals surface area contributed by atoms with Crippen LogP contribution in [0.5, 0.6) is 0 Å². The number of benzene rings is 2. The zero-order valence-electron chi connectivity index (χ0n) is 14.4. The predicted octanol–water partition coefficient (Wildman–Crippen LogP) is 6.38. The lowest BCUT2D eigenvalue weighted by atomic mass is 9.99. The van der Waals surface area contributed by atoms with Crippen molar-refractivity contribution in [2.75, 3.05) is 11.4 Å². The monoisotopic (exact) mass is 295 g/mol. The summed E-state index contributed by atoms with van der Waals surface area (Å²) in [6.07, 6.45) is 2.49. The Morgan fingerprint density at radius 2 is 1.45 bits per heavy atom. The number of para-hydroxylation sites is 2. The first-order valence-electron chi connectivity index (χ1n) is 8.51. The Labute approximate surface area is 136 Å². The molecule has 0 radical (unpaired) electrons. The highest BCUT2D eigenvalue weighted by Gasteiger charge is 2.14. The molecule has 0 saturated heterocycles. The van der Waals surface area contributed by atoms with Crippen molar-refractivity contribution >= 4 is 11.4 Å². The van der Waals surface area contributed by atoms with Gasteiger partial charge in [-0.3, -0.25) is 0 Å². The van der Waals surface area contributed by atoms with E-state index < -0.39 is 0 Å². The van der Waals surface area contributed by atoms with E-state index in [9.17, 15) is 0 Å². The molecule has 0 unspecified atom stereocenters. The van der Waals surface area contributed by atoms with Gasteiger partial charge in [0.25, 0.3) is 0 Å². The van der Waals surface area contributed by atoms with Crippen LogP contribution in [0, 0.1) is 5.92 Å². The molecule has 0 N–H and O–H groups in total. The Balaban J connectivity index is 2.32. The molecule has 0 aliphatic carbocycles. The summed E-state index contributed by atoms with van der Waals surface area (Å²) in [5.41, 5.74) is 4.07. The molecule has 0 aliphatic heterocycles. The van der Waals surface area contributed by atoms with Gasteiger partial charge in [0.2, 0.25) is 0 Å². The molecule has 0 bridgehead atoms. The molecule has 2 aromatic carbocycles. The molecule has 0 aromatic heterocycles. The normalized spacial score (nSPS) is 11.2. The van der Waals surface area contributed by atoms with Gasteiger partial charge in [0.1, 0.15) is 0 Å². The summed E-state index contributed by atoms with van der Waals surface area (Å²) in [6.45, 7) is 10.2. The van der Waals surface area contributed by atoms with E-state index in [1.54, 1.807) is 0 Å². The van der Waals surface area contributed by atoms with E-state index in [-0.39, 0.29) is 0 Å². The molecule has 0 aliphatic rings. The van der Waals surface area contributed by atoms with Crippen molar-refractivity contribution < 1.29 is 0 Å². The SMILES string of the molecule is CC(C)CCCN(c1ccccc1)c1ccccc1C(C)C. The van der Waals surface area contributed by atoms with Gasteiger partial charge in [0.05, 0.1) is 0 Å². The number of hydrogen-bond acceptors (Lipinski definition) is 1. The van der Waals surface area contributed by atoms with Gasteiger partial charge in [-0.05, 0) is 48.4 Å². The number of rotatable bonds is 7. The van der Waals surface area contributed by atoms with E-state index in [4.69, 9.17) is 0 Å². The standard InChI is InChI=1S/C21H29N/c1-17(2)11-10-16-22(19-12-6-5-7-13-19)21-15-9-8-14-20(21)18(3)4/h5-9,12-15,17-18H,10-11,16H2,1-4H3. The summed E-state index contributed by atoms with van der Waals surface area (Å²) in [6, 6.07) is 19.6. The fourth-order valence-corrected chi connectivity index (χ4v) is 2.88. The first kappa shape index (κ1) is 16.6. The predicted molar refractivity (Wildman–Crippen MR) is 98.1 cm³/mol. The van der Waals surface area contributed by atoms with E-state index in [1.807, 2.05) is 0 Å². The van der Waals surface area contributed by atoms with E-state index >= 15 is 0 Å². The minimum absolute atomic E-state index is 0.535. The summed E-state index contributed by atoms with van der Waals surface area (Å²) in [5.74, 6) is 1.30. The van der Waals surface area contributed by atoms with Gasteiger partial charge in [-0.2, -0.15) is 0 Å². The van der Waals surface area contributed by atoms with Crippen LogP contribution < -0.4 is 4.90 Å². The third-order valence-electron chi connectivity index (χ3n) is 4.08. The summed E-state index contributed by atoms with van der Waals surface area (Å²) in [5, 5.41) is 0. The number of anilines is 2. The van der Waals surface area contributed by atoms with E-state index in [1.165, 1.54) is 29.8 Å². The number of hydrogen-bond donors (Lipinski definition) is 0. The average Bonchev–Trinajstić information content (AvgIpc) is 2.52. The summed E-state index contributed by atoms with van der Waals surface area (Å²) in [7, 11) is 0. The van der Waals surface area contributed by atoms with Crippen LogP contribution in [0.4, 0.5) is 11.4 Å². The Morgan fingerprint density at radius 3 is 2.09 bits per heavy atom. The van der Waals surface area contributed by atoms with Gasteiger partial charge in [-0.25, -0.2) is 0 Å². The van der Waals surface area contributed by atoms with Crippen molar-refractivity contribution in [3.63, 3.8) is 0 Å². The van der Waals surface area contributed by atoms with E-state index in [0.29, 0.717) is 5.92 Å². The van der Waals surface area contributed by atoms with E-state index in [0.717, 1.165) is 12.5 Å². The smallest absolute Gasteiger partial charge is 0.0445 e. The van der Waals surface area contributed by atoms with Crippen molar-refractivity contribution in [1.82, 2.24) is 0 Å². The van der Waals surface area contributed by atoms with Crippen molar-refractivity contribution in [2.24, 2.45) is 5.92 Å². The molecule has 0 heterocycles. The average molecular weight is 295 g/mol. The van der Waals surface area contributed by atoms with Crippen molar-refractivity contribution in [1.29, 1.82) is 0 Å². The lowest BCUT2D eigenvalue weighted by Gasteiger charge is -2.29. The lowest BCUT2D eigenvalue weighted by molar-refractivity contribution is 0.558. The van der Waals surface area contributed by atoms with E-state index in [2.05, 4.69) is 87.2 Å². The molecule has 2 rings (SSSR count). The second kappa shape index (κ2) is 8.03. The van der Waals surface area contributed by atoms with Gasteiger partial charge in [0, 0.05) is 17.9 Å². The highest BCUT2D eigenvalue weighted by Crippen LogP contribution is 2.33. The third kappa shape index (κ3) is 4.37. The number of nitrogens with zero attached hydrogens (tertiary/aromatic N) is 1. The minimum atomic E-state index is 0.535. The third-order valence-corrected chi connectivity index (χ3v) is 4.08. The highest BCUT2D eigenvalue weighted by molar-refractivity contribution is 5.67. The van der Waals surface area contributed by atoms with Crippen molar-refractivity contribution in [3.05, 3.63) is 60.2 Å². The first-order valence-corrected chi connectivity index (χ1v) is 8.51. The van der Waals surface area contributed by atoms with Crippen LogP contribution in [-0.4, -0.2) is 6.54 Å². The minimum Gasteiger partial charge on any atom is -0.341 e. The van der Waals surface area contributed by atoms with Crippen LogP contribution in [0.3, 0.4) is 0 Å². The molecule has 0 saturated carbocycles. The molecule has 0 atom stereocenters. The van der Waals surface area contributed by atoms with Crippen LogP contribution in [0.2, 0.25) is 0 Å². The molecular weight excluding hydrogens is 266 g/mol. The van der Waals surface area contributed by atoms with Crippen LogP contribution in [0.1, 0.15) is 52.0 Å². The van der Waals surface area contributed by atoms with Crippen LogP contribution in [0.15, 0.2) is 54.6 Å². The van der Waals surface area contributed by atoms with Crippen LogP contribution >= 0.6 is 0 Å². The molecular formula is C21H29N. The second-order valence-corrected chi connectivity index (χ2v) is 6.74. The zero-order chi connectivity index (χ0) is 15.9. The van der Waals surface area contributed by atoms with Gasteiger partial charge in [-0.15, -0.1) is 0 Å². The van der Waals surface area contributed by atoms with Gasteiger partial charge < -0.3 is 4.90 Å². The molecule has 1 nitrogen and oxygen atoms in total. The quantitative estimate of drug-likeness (QED) is 0.572. The lowest BCUT2D eigenvalue weighted by Crippen LogP contribution is -2.20. The largest absolute Gasteiger partial charge is 0.341 e. The molecule has 1 heteroatoms. The van der Waals surface area contributed by atoms with Crippen molar-refractivity contribution in [3.8, 4) is 0 Å². The summed E-state index contributed by atoms with van der Waals surface area (Å²) < 4.78 is 0. The fraction of sp³-hybridized carbons (Fsp3) is 0.429. The fourth-order valence-electron chi connectivity index (χ4n) is 2.88. The Morgan fingerprint density at radius 1 is 0.818 bits per heavy atom. The molecule has 118 valence electrons. The van der Waals surface area contributed by atoms with Gasteiger partial charge >= 0.3 is 0 Å². The van der Waals surface area contributed by atoms with Crippen molar-refractivity contribution in [2.45, 2.75) is 46.5 Å². The topological polar surface area (TPSA) is 3.24 Å². The second-order valence-electron chi connectivity index (χ2n) is 6.74. The maximum Gasteiger partial charge on any atom is 0.0445 e. The highest BCUT2D eigenvalue weighted by atomic mass is 15.1. The Kier molecular flexibility index (Phi) is 6.06. The van der Waals surface area contributed by atoms with Gasteiger partial charge in [-0.1, -0.05) is 64.1 Å². The maximum atomic E-state index is 2.48. The van der Waals surface area contributed by atoms with Gasteiger partial charge in [0.15, 0.2) is 0 Å². The Bertz CT molecular complexity index is 557. The maximum absolute atomic E-state index is 2.48. The first-order chi connectivity index (χ1) is 10.6. The molecule has 22 heavy (non-hydrogen) atoms. The summed E-state index contributed by atoms with van der Waals surface area (Å²) >= 11 is 0. The molecule has 2 aromatic rings. The summed E-state index contributed by atoms with van der Waals surface area (Å²) in [4.78, 5) is 2.48.